The third kappa shape index (κ3) is 5.72. The van der Waals surface area contributed by atoms with Gasteiger partial charge in [0.2, 0.25) is 5.95 Å². The van der Waals surface area contributed by atoms with Crippen molar-refractivity contribution in [2.24, 2.45) is 0 Å². The number of hydrogen-bond donors (Lipinski definition) is 2. The lowest BCUT2D eigenvalue weighted by atomic mass is 10.2. The number of halogens is 1. The average Bonchev–Trinajstić information content (AvgIpc) is 2.71. The zero-order chi connectivity index (χ0) is 19.8. The highest BCUT2D eigenvalue weighted by Gasteiger charge is 2.08. The first kappa shape index (κ1) is 19.7. The number of aromatic nitrogens is 3. The smallest absolute Gasteiger partial charge is 0.225 e. The fourth-order valence-corrected chi connectivity index (χ4v) is 2.71. The predicted octanol–water partition coefficient (Wildman–Crippen LogP) is 3.65. The second kappa shape index (κ2) is 9.75. The molecule has 0 spiro atoms. The SMILES string of the molecule is CN(C)CCCNc1nc(NCc2ccccc2F)cc(-c2ccncc2)n1. The van der Waals surface area contributed by atoms with Gasteiger partial charge in [-0.1, -0.05) is 18.2 Å². The number of pyridine rings is 1. The average molecular weight is 380 g/mol. The van der Waals surface area contributed by atoms with E-state index in [4.69, 9.17) is 0 Å². The van der Waals surface area contributed by atoms with E-state index >= 15 is 0 Å². The first-order chi connectivity index (χ1) is 13.6. The molecule has 7 heteroatoms. The topological polar surface area (TPSA) is 66.0 Å². The molecular weight excluding hydrogens is 355 g/mol. The lowest BCUT2D eigenvalue weighted by Crippen LogP contribution is -2.17. The molecule has 0 amide bonds. The Labute approximate surface area is 164 Å². The Morgan fingerprint density at radius 2 is 1.79 bits per heavy atom. The highest BCUT2D eigenvalue weighted by atomic mass is 19.1. The van der Waals surface area contributed by atoms with Crippen LogP contribution in [0.15, 0.2) is 54.9 Å². The normalized spacial score (nSPS) is 10.9. The summed E-state index contributed by atoms with van der Waals surface area (Å²) in [6.45, 7) is 2.10. The number of hydrogen-bond acceptors (Lipinski definition) is 6. The molecule has 0 unspecified atom stereocenters. The molecule has 0 saturated carbocycles. The van der Waals surface area contributed by atoms with Crippen LogP contribution in [0.2, 0.25) is 0 Å². The van der Waals surface area contributed by atoms with Crippen molar-refractivity contribution < 1.29 is 4.39 Å². The summed E-state index contributed by atoms with van der Waals surface area (Å²) in [6, 6.07) is 12.4. The molecule has 1 aromatic carbocycles. The summed E-state index contributed by atoms with van der Waals surface area (Å²) in [5, 5.41) is 6.49. The van der Waals surface area contributed by atoms with Crippen LogP contribution in [0.25, 0.3) is 11.3 Å². The van der Waals surface area contributed by atoms with E-state index in [1.165, 1.54) is 6.07 Å². The molecule has 0 atom stereocenters. The highest BCUT2D eigenvalue weighted by molar-refractivity contribution is 5.63. The molecule has 2 N–H and O–H groups in total. The number of rotatable bonds is 9. The van der Waals surface area contributed by atoms with Gasteiger partial charge in [0.05, 0.1) is 5.69 Å². The maximum atomic E-state index is 13.9. The Balaban J connectivity index is 1.77. The highest BCUT2D eigenvalue weighted by Crippen LogP contribution is 2.21. The fourth-order valence-electron chi connectivity index (χ4n) is 2.71. The molecule has 0 bridgehead atoms. The van der Waals surface area contributed by atoms with Crippen LogP contribution in [0.1, 0.15) is 12.0 Å². The molecule has 28 heavy (non-hydrogen) atoms. The molecule has 0 aliphatic carbocycles. The van der Waals surface area contributed by atoms with E-state index in [-0.39, 0.29) is 5.82 Å². The molecule has 2 heterocycles. The number of nitrogens with one attached hydrogen (secondary N) is 2. The summed E-state index contributed by atoms with van der Waals surface area (Å²) in [7, 11) is 4.09. The second-order valence-corrected chi connectivity index (χ2v) is 6.73. The quantitative estimate of drug-likeness (QED) is 0.553. The molecule has 0 aliphatic heterocycles. The van der Waals surface area contributed by atoms with Crippen molar-refractivity contribution in [3.63, 3.8) is 0 Å². The van der Waals surface area contributed by atoms with Crippen molar-refractivity contribution in [1.82, 2.24) is 19.9 Å². The van der Waals surface area contributed by atoms with Crippen molar-refractivity contribution in [3.8, 4) is 11.3 Å². The Kier molecular flexibility index (Phi) is 6.86. The summed E-state index contributed by atoms with van der Waals surface area (Å²) in [6.07, 6.45) is 4.44. The zero-order valence-electron chi connectivity index (χ0n) is 16.2. The van der Waals surface area contributed by atoms with Crippen molar-refractivity contribution in [1.29, 1.82) is 0 Å². The number of nitrogens with zero attached hydrogens (tertiary/aromatic N) is 4. The predicted molar refractivity (Wildman–Crippen MR) is 111 cm³/mol. The maximum Gasteiger partial charge on any atom is 0.225 e. The van der Waals surface area contributed by atoms with Gasteiger partial charge in [0.1, 0.15) is 11.6 Å². The number of benzene rings is 1. The molecule has 2 aromatic heterocycles. The lowest BCUT2D eigenvalue weighted by molar-refractivity contribution is 0.405. The number of anilines is 2. The molecule has 0 radical (unpaired) electrons. The molecule has 0 aliphatic rings. The zero-order valence-corrected chi connectivity index (χ0v) is 16.2. The first-order valence-electron chi connectivity index (χ1n) is 9.27. The van der Waals surface area contributed by atoms with Crippen LogP contribution in [-0.2, 0) is 6.54 Å². The van der Waals surface area contributed by atoms with Gasteiger partial charge in [-0.15, -0.1) is 0 Å². The van der Waals surface area contributed by atoms with Crippen molar-refractivity contribution in [2.45, 2.75) is 13.0 Å². The van der Waals surface area contributed by atoms with E-state index in [9.17, 15) is 4.39 Å². The van der Waals surface area contributed by atoms with Crippen molar-refractivity contribution >= 4 is 11.8 Å². The summed E-state index contributed by atoms with van der Waals surface area (Å²) < 4.78 is 13.9. The Bertz CT molecular complexity index is 885. The third-order valence-corrected chi connectivity index (χ3v) is 4.19. The molecule has 3 rings (SSSR count). The molecular formula is C21H25FN6. The van der Waals surface area contributed by atoms with Gasteiger partial charge in [-0.2, -0.15) is 4.98 Å². The van der Waals surface area contributed by atoms with Crippen molar-refractivity contribution in [3.05, 3.63) is 66.2 Å². The summed E-state index contributed by atoms with van der Waals surface area (Å²) in [4.78, 5) is 15.3. The summed E-state index contributed by atoms with van der Waals surface area (Å²) >= 11 is 0. The van der Waals surface area contributed by atoms with E-state index in [0.717, 1.165) is 30.8 Å². The van der Waals surface area contributed by atoms with Gasteiger partial charge in [-0.05, 0) is 45.3 Å². The van der Waals surface area contributed by atoms with Crippen molar-refractivity contribution in [2.75, 3.05) is 37.8 Å². The Morgan fingerprint density at radius 1 is 1.00 bits per heavy atom. The molecule has 3 aromatic rings. The standard InChI is InChI=1S/C21H25FN6/c1-28(2)13-5-10-24-21-26-19(16-8-11-23-12-9-16)14-20(27-21)25-15-17-6-3-4-7-18(17)22/h3-4,6-9,11-12,14H,5,10,13,15H2,1-2H3,(H2,24,25,26,27). The van der Waals surface area contributed by atoms with Crippen LogP contribution in [0.5, 0.6) is 0 Å². The van der Waals surface area contributed by atoms with Crippen LogP contribution in [0.4, 0.5) is 16.2 Å². The minimum atomic E-state index is -0.236. The van der Waals surface area contributed by atoms with Crippen LogP contribution in [-0.4, -0.2) is 47.0 Å². The van der Waals surface area contributed by atoms with Gasteiger partial charge >= 0.3 is 0 Å². The molecule has 6 nitrogen and oxygen atoms in total. The lowest BCUT2D eigenvalue weighted by Gasteiger charge is -2.13. The summed E-state index contributed by atoms with van der Waals surface area (Å²) in [5.41, 5.74) is 2.32. The van der Waals surface area contributed by atoms with Crippen LogP contribution >= 0.6 is 0 Å². The minimum Gasteiger partial charge on any atom is -0.366 e. The van der Waals surface area contributed by atoms with E-state index in [1.54, 1.807) is 24.5 Å². The minimum absolute atomic E-state index is 0.236. The third-order valence-electron chi connectivity index (χ3n) is 4.19. The van der Waals surface area contributed by atoms with E-state index in [1.807, 2.05) is 38.4 Å². The van der Waals surface area contributed by atoms with Gasteiger partial charge in [0.25, 0.3) is 0 Å². The Morgan fingerprint density at radius 3 is 2.54 bits per heavy atom. The largest absolute Gasteiger partial charge is 0.366 e. The van der Waals surface area contributed by atoms with Gasteiger partial charge in [0, 0.05) is 42.7 Å². The van der Waals surface area contributed by atoms with Crippen LogP contribution in [0.3, 0.4) is 0 Å². The van der Waals surface area contributed by atoms with Gasteiger partial charge < -0.3 is 15.5 Å². The molecule has 0 fully saturated rings. The van der Waals surface area contributed by atoms with Gasteiger partial charge in [-0.3, -0.25) is 4.98 Å². The molecule has 146 valence electrons. The van der Waals surface area contributed by atoms with Gasteiger partial charge in [0.15, 0.2) is 0 Å². The van der Waals surface area contributed by atoms with Crippen LogP contribution < -0.4 is 10.6 Å². The van der Waals surface area contributed by atoms with Gasteiger partial charge in [-0.25, -0.2) is 9.37 Å². The van der Waals surface area contributed by atoms with E-state index in [2.05, 4.69) is 30.5 Å². The summed E-state index contributed by atoms with van der Waals surface area (Å²) in [5.74, 6) is 0.949. The monoisotopic (exact) mass is 380 g/mol. The second-order valence-electron chi connectivity index (χ2n) is 6.73. The fraction of sp³-hybridized carbons (Fsp3) is 0.286. The Hall–Kier alpha value is -3.06. The van der Waals surface area contributed by atoms with Crippen LogP contribution in [0, 0.1) is 5.82 Å². The van der Waals surface area contributed by atoms with E-state index in [0.29, 0.717) is 23.9 Å². The first-order valence-corrected chi connectivity index (χ1v) is 9.27. The van der Waals surface area contributed by atoms with E-state index < -0.39 is 0 Å². The maximum absolute atomic E-state index is 13.9. The molecule has 0 saturated heterocycles.